The lowest BCUT2D eigenvalue weighted by molar-refractivity contribution is -0.140. The van der Waals surface area contributed by atoms with Gasteiger partial charge in [0.2, 0.25) is 0 Å². The minimum Gasteiger partial charge on any atom is -0.319 e. The van der Waals surface area contributed by atoms with E-state index in [1.54, 1.807) is 18.5 Å². The number of pyridine rings is 1. The highest BCUT2D eigenvalue weighted by Gasteiger charge is 2.34. The fourth-order valence-electron chi connectivity index (χ4n) is 3.75. The fraction of sp³-hybridized carbons (Fsp3) is 0.208. The summed E-state index contributed by atoms with van der Waals surface area (Å²) in [5.74, 6) is -0.752. The molecule has 5 nitrogen and oxygen atoms in total. The van der Waals surface area contributed by atoms with Crippen LogP contribution in [0.1, 0.15) is 38.6 Å². The first-order valence-corrected chi connectivity index (χ1v) is 11.0. The van der Waals surface area contributed by atoms with E-state index in [1.165, 1.54) is 12.1 Å². The van der Waals surface area contributed by atoms with E-state index in [2.05, 4.69) is 15.4 Å². The predicted molar refractivity (Wildman–Crippen MR) is 127 cm³/mol. The molecule has 0 bridgehead atoms. The third kappa shape index (κ3) is 4.60. The van der Waals surface area contributed by atoms with Crippen molar-refractivity contribution in [3.05, 3.63) is 86.3 Å². The van der Waals surface area contributed by atoms with Crippen molar-refractivity contribution in [2.24, 2.45) is 0 Å². The first-order chi connectivity index (χ1) is 16.0. The van der Waals surface area contributed by atoms with Crippen LogP contribution in [0.5, 0.6) is 0 Å². The maximum absolute atomic E-state index is 13.5. The van der Waals surface area contributed by atoms with Crippen LogP contribution in [0.3, 0.4) is 0 Å². The molecule has 0 saturated heterocycles. The average Bonchev–Trinajstić information content (AvgIpc) is 3.01. The number of alkyl halides is 3. The molecule has 34 heavy (non-hydrogen) atoms. The second-order valence-electron chi connectivity index (χ2n) is 7.92. The number of amides is 1. The number of carbonyl (C=O) groups excluding carboxylic acids is 1. The summed E-state index contributed by atoms with van der Waals surface area (Å²) in [6.07, 6.45) is -4.77. The molecular weight excluding hydrogens is 488 g/mol. The standard InChI is InChI=1S/C24H19Cl2F3N4O/c1-12-6-4-5-7-15(12)11-33-14(3)21(13(2)32-33)31-23(34)18-10-20(24(27,28)29)30-22-17(18)8-16(25)9-19(22)26/h4-10H,11H2,1-3H3,(H,31,34). The molecule has 0 saturated carbocycles. The van der Waals surface area contributed by atoms with Gasteiger partial charge < -0.3 is 5.32 Å². The van der Waals surface area contributed by atoms with Gasteiger partial charge in [0.05, 0.1) is 39.7 Å². The minimum atomic E-state index is -4.77. The van der Waals surface area contributed by atoms with E-state index in [0.717, 1.165) is 11.1 Å². The van der Waals surface area contributed by atoms with Crippen LogP contribution in [0.25, 0.3) is 10.9 Å². The van der Waals surface area contributed by atoms with Gasteiger partial charge in [0.15, 0.2) is 0 Å². The molecule has 0 aliphatic carbocycles. The number of halogens is 5. The Bertz CT molecular complexity index is 1430. The number of rotatable bonds is 4. The summed E-state index contributed by atoms with van der Waals surface area (Å²) < 4.78 is 42.2. The maximum atomic E-state index is 13.5. The number of nitrogens with one attached hydrogen (secondary N) is 1. The van der Waals surface area contributed by atoms with Crippen LogP contribution in [0.15, 0.2) is 42.5 Å². The minimum absolute atomic E-state index is 0.0824. The van der Waals surface area contributed by atoms with Crippen LogP contribution in [-0.4, -0.2) is 20.7 Å². The van der Waals surface area contributed by atoms with Gasteiger partial charge in [0.1, 0.15) is 5.69 Å². The number of aromatic nitrogens is 3. The lowest BCUT2D eigenvalue weighted by Gasteiger charge is -2.13. The normalized spacial score (nSPS) is 11.8. The second kappa shape index (κ2) is 8.92. The summed E-state index contributed by atoms with van der Waals surface area (Å²) in [7, 11) is 0. The zero-order valence-corrected chi connectivity index (χ0v) is 19.9. The van der Waals surface area contributed by atoms with E-state index in [4.69, 9.17) is 23.2 Å². The Kier molecular flexibility index (Phi) is 6.31. The van der Waals surface area contributed by atoms with Gasteiger partial charge in [-0.1, -0.05) is 47.5 Å². The quantitative estimate of drug-likeness (QED) is 0.324. The third-order valence-electron chi connectivity index (χ3n) is 5.57. The molecule has 0 spiro atoms. The summed E-state index contributed by atoms with van der Waals surface area (Å²) in [6.45, 7) is 5.98. The van der Waals surface area contributed by atoms with Gasteiger partial charge >= 0.3 is 6.18 Å². The molecule has 2 aromatic heterocycles. The molecule has 0 aliphatic heterocycles. The summed E-state index contributed by atoms with van der Waals surface area (Å²) in [5, 5.41) is 7.44. The van der Waals surface area contributed by atoms with Crippen molar-refractivity contribution in [3.63, 3.8) is 0 Å². The monoisotopic (exact) mass is 506 g/mol. The van der Waals surface area contributed by atoms with Crippen molar-refractivity contribution in [1.82, 2.24) is 14.8 Å². The van der Waals surface area contributed by atoms with E-state index in [1.807, 2.05) is 31.2 Å². The van der Waals surface area contributed by atoms with Gasteiger partial charge in [-0.15, -0.1) is 0 Å². The fourth-order valence-corrected chi connectivity index (χ4v) is 4.28. The van der Waals surface area contributed by atoms with Crippen LogP contribution in [-0.2, 0) is 12.7 Å². The van der Waals surface area contributed by atoms with Gasteiger partial charge in [-0.3, -0.25) is 9.48 Å². The molecule has 0 fully saturated rings. The zero-order chi connectivity index (χ0) is 24.8. The van der Waals surface area contributed by atoms with Crippen LogP contribution in [0.4, 0.5) is 18.9 Å². The highest BCUT2D eigenvalue weighted by Crippen LogP contribution is 2.35. The predicted octanol–water partition coefficient (Wildman–Crippen LogP) is 6.98. The molecule has 0 radical (unpaired) electrons. The molecule has 4 aromatic rings. The van der Waals surface area contributed by atoms with E-state index in [0.29, 0.717) is 29.7 Å². The van der Waals surface area contributed by atoms with Crippen molar-refractivity contribution in [2.45, 2.75) is 33.5 Å². The molecule has 10 heteroatoms. The average molecular weight is 507 g/mol. The molecule has 4 rings (SSSR count). The molecular formula is C24H19Cl2F3N4O. The number of anilines is 1. The lowest BCUT2D eigenvalue weighted by atomic mass is 10.1. The van der Waals surface area contributed by atoms with E-state index >= 15 is 0 Å². The van der Waals surface area contributed by atoms with Crippen LogP contribution in [0, 0.1) is 20.8 Å². The first-order valence-electron chi connectivity index (χ1n) is 10.2. The van der Waals surface area contributed by atoms with Crippen molar-refractivity contribution in [2.75, 3.05) is 5.32 Å². The number of benzene rings is 2. The molecule has 1 amide bonds. The SMILES string of the molecule is Cc1ccccc1Cn1nc(C)c(NC(=O)c2cc(C(F)(F)F)nc3c(Cl)cc(Cl)cc23)c1C. The van der Waals surface area contributed by atoms with E-state index in [9.17, 15) is 18.0 Å². The van der Waals surface area contributed by atoms with Crippen molar-refractivity contribution in [3.8, 4) is 0 Å². The lowest BCUT2D eigenvalue weighted by Crippen LogP contribution is -2.17. The van der Waals surface area contributed by atoms with Crippen LogP contribution >= 0.6 is 23.2 Å². The molecule has 176 valence electrons. The van der Waals surface area contributed by atoms with Crippen LogP contribution < -0.4 is 5.32 Å². The number of fused-ring (bicyclic) bond motifs is 1. The maximum Gasteiger partial charge on any atom is 0.433 e. The summed E-state index contributed by atoms with van der Waals surface area (Å²) in [4.78, 5) is 16.8. The third-order valence-corrected chi connectivity index (χ3v) is 6.07. The topological polar surface area (TPSA) is 59.8 Å². The summed E-state index contributed by atoms with van der Waals surface area (Å²) in [6, 6.07) is 11.2. The molecule has 1 N–H and O–H groups in total. The van der Waals surface area contributed by atoms with E-state index in [-0.39, 0.29) is 26.5 Å². The Morgan fingerprint density at radius 1 is 1.09 bits per heavy atom. The Labute approximate surface area is 203 Å². The van der Waals surface area contributed by atoms with E-state index < -0.39 is 17.8 Å². The molecule has 0 atom stereocenters. The number of aryl methyl sites for hydroxylation is 2. The van der Waals surface area contributed by atoms with Crippen molar-refractivity contribution in [1.29, 1.82) is 0 Å². The first kappa shape index (κ1) is 24.0. The van der Waals surface area contributed by atoms with Crippen LogP contribution in [0.2, 0.25) is 10.0 Å². The molecule has 2 heterocycles. The van der Waals surface area contributed by atoms with Gasteiger partial charge in [0, 0.05) is 10.4 Å². The van der Waals surface area contributed by atoms with Gasteiger partial charge in [-0.2, -0.15) is 18.3 Å². The number of nitrogens with zero attached hydrogens (tertiary/aromatic N) is 3. The van der Waals surface area contributed by atoms with Gasteiger partial charge in [-0.25, -0.2) is 4.98 Å². The van der Waals surface area contributed by atoms with Gasteiger partial charge in [-0.05, 0) is 50.1 Å². The van der Waals surface area contributed by atoms with Crippen molar-refractivity contribution >= 4 is 45.7 Å². The molecule has 2 aromatic carbocycles. The highest BCUT2D eigenvalue weighted by molar-refractivity contribution is 6.39. The Balaban J connectivity index is 1.75. The smallest absolute Gasteiger partial charge is 0.319 e. The Morgan fingerprint density at radius 2 is 1.79 bits per heavy atom. The molecule has 0 aliphatic rings. The Morgan fingerprint density at radius 3 is 2.47 bits per heavy atom. The number of hydrogen-bond acceptors (Lipinski definition) is 3. The Hall–Kier alpha value is -3.10. The number of carbonyl (C=O) groups is 1. The summed E-state index contributed by atoms with van der Waals surface area (Å²) in [5.41, 5.74) is 2.15. The highest BCUT2D eigenvalue weighted by atomic mass is 35.5. The second-order valence-corrected chi connectivity index (χ2v) is 8.76. The molecule has 0 unspecified atom stereocenters. The largest absolute Gasteiger partial charge is 0.433 e. The van der Waals surface area contributed by atoms with Gasteiger partial charge in [0.25, 0.3) is 5.91 Å². The zero-order valence-electron chi connectivity index (χ0n) is 18.4. The summed E-state index contributed by atoms with van der Waals surface area (Å²) >= 11 is 12.2. The van der Waals surface area contributed by atoms with Crippen molar-refractivity contribution < 1.29 is 18.0 Å². The number of hydrogen-bond donors (Lipinski definition) is 1.